The number of carbonyl (C=O) groups excluding carboxylic acids is 1. The Morgan fingerprint density at radius 2 is 2.00 bits per heavy atom. The quantitative estimate of drug-likeness (QED) is 0.817. The summed E-state index contributed by atoms with van der Waals surface area (Å²) < 4.78 is 39.1. The Balaban J connectivity index is 2.05. The van der Waals surface area contributed by atoms with Crippen molar-refractivity contribution in [2.75, 3.05) is 16.8 Å². The first-order valence-electron chi connectivity index (χ1n) is 6.56. The number of nitrogens with zero attached hydrogens (tertiary/aromatic N) is 3. The number of fused-ring (bicyclic) bond motifs is 1. The Hall–Kier alpha value is -2.16. The predicted molar refractivity (Wildman–Crippen MR) is 80.9 cm³/mol. The summed E-state index contributed by atoms with van der Waals surface area (Å²) in [5.74, 6) is -0.313. The second-order valence-electron chi connectivity index (χ2n) is 4.99. The molecule has 0 saturated heterocycles. The molecule has 1 aliphatic heterocycles. The van der Waals surface area contributed by atoms with Gasteiger partial charge in [-0.25, -0.2) is 0 Å². The third-order valence-electron chi connectivity index (χ3n) is 3.40. The van der Waals surface area contributed by atoms with Gasteiger partial charge in [-0.3, -0.25) is 4.79 Å². The number of benzene rings is 1. The number of hydrogen-bond acceptors (Lipinski definition) is 4. The zero-order valence-corrected chi connectivity index (χ0v) is 13.1. The van der Waals surface area contributed by atoms with Gasteiger partial charge < -0.3 is 10.2 Å². The molecule has 1 aromatic carbocycles. The molecule has 0 unspecified atom stereocenters. The van der Waals surface area contributed by atoms with E-state index in [0.29, 0.717) is 16.9 Å². The van der Waals surface area contributed by atoms with Crippen LogP contribution in [0.25, 0.3) is 0 Å². The second-order valence-corrected chi connectivity index (χ2v) is 5.85. The largest absolute Gasteiger partial charge is 0.417 e. The van der Waals surface area contributed by atoms with Crippen LogP contribution in [0.2, 0.25) is 0 Å². The molecule has 1 aliphatic rings. The van der Waals surface area contributed by atoms with Crippen molar-refractivity contribution in [3.63, 3.8) is 0 Å². The van der Waals surface area contributed by atoms with E-state index in [4.69, 9.17) is 0 Å². The minimum Gasteiger partial charge on any atom is -0.356 e. The Labute approximate surface area is 137 Å². The first kappa shape index (κ1) is 15.7. The molecule has 0 bridgehead atoms. The molecule has 0 atom stereocenters. The summed E-state index contributed by atoms with van der Waals surface area (Å²) in [7, 11) is 0. The third kappa shape index (κ3) is 3.29. The van der Waals surface area contributed by atoms with E-state index in [2.05, 4.69) is 31.4 Å². The molecule has 23 heavy (non-hydrogen) atoms. The van der Waals surface area contributed by atoms with Crippen LogP contribution in [0.1, 0.15) is 11.1 Å². The highest BCUT2D eigenvalue weighted by Crippen LogP contribution is 2.39. The minimum atomic E-state index is -4.48. The molecule has 2 aromatic rings. The molecule has 1 N–H and O–H groups in total. The maximum Gasteiger partial charge on any atom is 0.417 e. The fraction of sp³-hybridized carbons (Fsp3) is 0.214. The van der Waals surface area contributed by atoms with Crippen LogP contribution < -0.4 is 10.2 Å². The van der Waals surface area contributed by atoms with E-state index in [1.165, 1.54) is 18.5 Å². The van der Waals surface area contributed by atoms with E-state index in [1.54, 1.807) is 11.0 Å². The van der Waals surface area contributed by atoms with Crippen molar-refractivity contribution in [1.82, 2.24) is 10.2 Å². The lowest BCUT2D eigenvalue weighted by Gasteiger charge is -2.21. The molecule has 9 heteroatoms. The van der Waals surface area contributed by atoms with Crippen LogP contribution >= 0.6 is 15.9 Å². The van der Waals surface area contributed by atoms with Crippen molar-refractivity contribution < 1.29 is 18.0 Å². The standard InChI is InChI=1S/C14H10BrF3N4O/c15-11-4-12-8(3-10(11)14(16,17)18)6-22(7-13(23)21-12)9-1-2-19-20-5-9/h1-5H,6-7H2,(H,21,23). The number of aromatic nitrogens is 2. The fourth-order valence-electron chi connectivity index (χ4n) is 2.36. The molecular weight excluding hydrogens is 377 g/mol. The summed E-state index contributed by atoms with van der Waals surface area (Å²) in [6.07, 6.45) is -1.56. The highest BCUT2D eigenvalue weighted by atomic mass is 79.9. The molecule has 3 rings (SSSR count). The highest BCUT2D eigenvalue weighted by Gasteiger charge is 2.34. The van der Waals surface area contributed by atoms with Gasteiger partial charge in [-0.05, 0) is 23.8 Å². The SMILES string of the molecule is O=C1CN(c2ccnnc2)Cc2cc(C(F)(F)F)c(Br)cc2N1. The maximum absolute atomic E-state index is 13.1. The van der Waals surface area contributed by atoms with Gasteiger partial charge in [-0.2, -0.15) is 23.4 Å². The van der Waals surface area contributed by atoms with E-state index in [0.717, 1.165) is 6.07 Å². The second kappa shape index (κ2) is 5.80. The van der Waals surface area contributed by atoms with Crippen molar-refractivity contribution >= 4 is 33.2 Å². The van der Waals surface area contributed by atoms with Crippen LogP contribution in [0.5, 0.6) is 0 Å². The lowest BCUT2D eigenvalue weighted by atomic mass is 10.1. The first-order chi connectivity index (χ1) is 10.8. The number of carbonyl (C=O) groups is 1. The fourth-order valence-corrected chi connectivity index (χ4v) is 2.93. The van der Waals surface area contributed by atoms with Crippen LogP contribution in [-0.4, -0.2) is 22.6 Å². The number of nitrogens with one attached hydrogen (secondary N) is 1. The van der Waals surface area contributed by atoms with Crippen molar-refractivity contribution in [3.05, 3.63) is 46.2 Å². The molecule has 5 nitrogen and oxygen atoms in total. The molecule has 0 aliphatic carbocycles. The molecule has 2 heterocycles. The summed E-state index contributed by atoms with van der Waals surface area (Å²) in [6.45, 7) is 0.162. The average Bonchev–Trinajstić information content (AvgIpc) is 2.64. The van der Waals surface area contributed by atoms with Gasteiger partial charge in [0.2, 0.25) is 5.91 Å². The molecule has 0 spiro atoms. The summed E-state index contributed by atoms with van der Waals surface area (Å²) >= 11 is 2.91. The van der Waals surface area contributed by atoms with Gasteiger partial charge >= 0.3 is 6.18 Å². The van der Waals surface area contributed by atoms with Gasteiger partial charge in [0.15, 0.2) is 0 Å². The smallest absolute Gasteiger partial charge is 0.356 e. The monoisotopic (exact) mass is 386 g/mol. The number of alkyl halides is 3. The van der Waals surface area contributed by atoms with E-state index >= 15 is 0 Å². The van der Waals surface area contributed by atoms with Gasteiger partial charge in [-0.15, -0.1) is 0 Å². The minimum absolute atomic E-state index is 0.0132. The number of rotatable bonds is 1. The van der Waals surface area contributed by atoms with Crippen LogP contribution in [0.15, 0.2) is 35.1 Å². The topological polar surface area (TPSA) is 58.1 Å². The van der Waals surface area contributed by atoms with E-state index in [-0.39, 0.29) is 23.5 Å². The molecule has 1 amide bonds. The van der Waals surface area contributed by atoms with Crippen LogP contribution in [0.4, 0.5) is 24.5 Å². The predicted octanol–water partition coefficient (Wildman–Crippen LogP) is 3.22. The lowest BCUT2D eigenvalue weighted by Crippen LogP contribution is -2.29. The molecule has 0 fully saturated rings. The van der Waals surface area contributed by atoms with Crippen molar-refractivity contribution in [1.29, 1.82) is 0 Å². The van der Waals surface area contributed by atoms with Crippen LogP contribution in [0.3, 0.4) is 0 Å². The Kier molecular flexibility index (Phi) is 3.97. The first-order valence-corrected chi connectivity index (χ1v) is 7.35. The Morgan fingerprint density at radius 3 is 2.65 bits per heavy atom. The summed E-state index contributed by atoms with van der Waals surface area (Å²) in [4.78, 5) is 13.6. The molecule has 120 valence electrons. The van der Waals surface area contributed by atoms with Gasteiger partial charge in [0.05, 0.1) is 30.2 Å². The molecular formula is C14H10BrF3N4O. The molecule has 1 aromatic heterocycles. The normalized spacial score (nSPS) is 15.0. The summed E-state index contributed by atoms with van der Waals surface area (Å²) in [5.41, 5.74) is 0.572. The van der Waals surface area contributed by atoms with Gasteiger partial charge in [0, 0.05) is 16.7 Å². The third-order valence-corrected chi connectivity index (χ3v) is 4.06. The number of anilines is 2. The van der Waals surface area contributed by atoms with Crippen molar-refractivity contribution in [3.8, 4) is 0 Å². The lowest BCUT2D eigenvalue weighted by molar-refractivity contribution is -0.138. The highest BCUT2D eigenvalue weighted by molar-refractivity contribution is 9.10. The van der Waals surface area contributed by atoms with Gasteiger partial charge in [0.25, 0.3) is 0 Å². The average molecular weight is 387 g/mol. The maximum atomic E-state index is 13.1. The van der Waals surface area contributed by atoms with Crippen molar-refractivity contribution in [2.24, 2.45) is 0 Å². The van der Waals surface area contributed by atoms with E-state index in [1.807, 2.05) is 0 Å². The zero-order chi connectivity index (χ0) is 16.6. The Morgan fingerprint density at radius 1 is 1.22 bits per heavy atom. The van der Waals surface area contributed by atoms with Crippen LogP contribution in [-0.2, 0) is 17.5 Å². The number of hydrogen-bond donors (Lipinski definition) is 1. The Bertz CT molecular complexity index is 752. The van der Waals surface area contributed by atoms with Gasteiger partial charge in [0.1, 0.15) is 0 Å². The number of halogens is 4. The van der Waals surface area contributed by atoms with E-state index < -0.39 is 11.7 Å². The van der Waals surface area contributed by atoms with Gasteiger partial charge in [-0.1, -0.05) is 15.9 Å². The molecule has 0 radical (unpaired) electrons. The van der Waals surface area contributed by atoms with E-state index in [9.17, 15) is 18.0 Å². The zero-order valence-electron chi connectivity index (χ0n) is 11.6. The van der Waals surface area contributed by atoms with Crippen molar-refractivity contribution in [2.45, 2.75) is 12.7 Å². The number of amides is 1. The molecule has 0 saturated carbocycles. The summed E-state index contributed by atoms with van der Waals surface area (Å²) in [5, 5.41) is 10.0. The van der Waals surface area contributed by atoms with Crippen LogP contribution in [0, 0.1) is 0 Å². The summed E-state index contributed by atoms with van der Waals surface area (Å²) in [6, 6.07) is 3.98.